The Hall–Kier alpha value is -1.89. The third-order valence-corrected chi connectivity index (χ3v) is 2.35. The molecule has 1 N–H and O–H groups in total. The number of aromatic amines is 1. The van der Waals surface area contributed by atoms with E-state index in [0.29, 0.717) is 17.1 Å². The molecule has 0 bridgehead atoms. The van der Waals surface area contributed by atoms with Crippen LogP contribution in [0.2, 0.25) is 0 Å². The second-order valence-corrected chi connectivity index (χ2v) is 3.88. The fourth-order valence-corrected chi connectivity index (χ4v) is 1.44. The Morgan fingerprint density at radius 2 is 2.13 bits per heavy atom. The molecule has 0 aliphatic heterocycles. The van der Waals surface area contributed by atoms with Crippen LogP contribution in [0, 0.1) is 18.3 Å². The Balaban J connectivity index is 2.68. The maximum atomic E-state index is 8.87. The number of hydrogen-bond acceptors (Lipinski definition) is 3. The van der Waals surface area contributed by atoms with E-state index in [4.69, 9.17) is 5.26 Å². The molecule has 0 unspecified atom stereocenters. The van der Waals surface area contributed by atoms with E-state index in [-0.39, 0.29) is 0 Å². The molecule has 0 spiro atoms. The zero-order valence-corrected chi connectivity index (χ0v) is 9.00. The maximum absolute atomic E-state index is 8.87. The summed E-state index contributed by atoms with van der Waals surface area (Å²) in [7, 11) is 0. The fraction of sp³-hybridized carbons (Fsp3) is 0.364. The van der Waals surface area contributed by atoms with E-state index in [2.05, 4.69) is 34.9 Å². The van der Waals surface area contributed by atoms with Gasteiger partial charge in [0, 0.05) is 5.92 Å². The van der Waals surface area contributed by atoms with Gasteiger partial charge in [-0.2, -0.15) is 5.26 Å². The van der Waals surface area contributed by atoms with Crippen LogP contribution in [0.5, 0.6) is 0 Å². The molecule has 2 rings (SSSR count). The van der Waals surface area contributed by atoms with Gasteiger partial charge in [0.1, 0.15) is 11.9 Å². The Bertz CT molecular complexity index is 545. The number of nitrogens with one attached hydrogen (secondary N) is 1. The predicted octanol–water partition coefficient (Wildman–Crippen LogP) is 2.26. The first kappa shape index (κ1) is 9.66. The average molecular weight is 200 g/mol. The van der Waals surface area contributed by atoms with Crippen molar-refractivity contribution in [3.05, 3.63) is 23.1 Å². The summed E-state index contributed by atoms with van der Waals surface area (Å²) in [6, 6.07) is 3.92. The van der Waals surface area contributed by atoms with Crippen LogP contribution in [0.25, 0.3) is 11.2 Å². The van der Waals surface area contributed by atoms with E-state index in [0.717, 1.165) is 17.0 Å². The second kappa shape index (κ2) is 3.35. The molecule has 76 valence electrons. The number of nitriles is 1. The van der Waals surface area contributed by atoms with E-state index in [1.165, 1.54) is 0 Å². The highest BCUT2D eigenvalue weighted by atomic mass is 15.0. The molecule has 0 atom stereocenters. The number of aryl methyl sites for hydroxylation is 1. The summed E-state index contributed by atoms with van der Waals surface area (Å²) in [4.78, 5) is 11.8. The summed E-state index contributed by atoms with van der Waals surface area (Å²) in [5.41, 5.74) is 2.85. The van der Waals surface area contributed by atoms with Crippen LogP contribution >= 0.6 is 0 Å². The smallest absolute Gasteiger partial charge is 0.178 e. The lowest BCUT2D eigenvalue weighted by Crippen LogP contribution is -1.89. The average Bonchev–Trinajstić information content (AvgIpc) is 2.59. The lowest BCUT2D eigenvalue weighted by atomic mass is 10.2. The van der Waals surface area contributed by atoms with Crippen molar-refractivity contribution < 1.29 is 0 Å². The Morgan fingerprint density at radius 1 is 1.40 bits per heavy atom. The van der Waals surface area contributed by atoms with Crippen LogP contribution in [0.3, 0.4) is 0 Å². The number of aromatic nitrogens is 3. The van der Waals surface area contributed by atoms with Crippen molar-refractivity contribution in [1.29, 1.82) is 5.26 Å². The number of hydrogen-bond donors (Lipinski definition) is 1. The van der Waals surface area contributed by atoms with Gasteiger partial charge in [-0.25, -0.2) is 9.97 Å². The number of rotatable bonds is 1. The minimum absolute atomic E-state index is 0.338. The minimum atomic E-state index is 0.338. The van der Waals surface area contributed by atoms with Gasteiger partial charge in [0.2, 0.25) is 0 Å². The first-order chi connectivity index (χ1) is 7.11. The van der Waals surface area contributed by atoms with Crippen LogP contribution in [0.4, 0.5) is 0 Å². The van der Waals surface area contributed by atoms with Gasteiger partial charge in [0.15, 0.2) is 5.65 Å². The summed E-state index contributed by atoms with van der Waals surface area (Å²) in [6.45, 7) is 5.95. The van der Waals surface area contributed by atoms with Crippen LogP contribution in [-0.4, -0.2) is 15.0 Å². The molecule has 4 nitrogen and oxygen atoms in total. The first-order valence-electron chi connectivity index (χ1n) is 4.89. The lowest BCUT2D eigenvalue weighted by Gasteiger charge is -1.95. The summed E-state index contributed by atoms with van der Waals surface area (Å²) >= 11 is 0. The minimum Gasteiger partial charge on any atom is -0.340 e. The van der Waals surface area contributed by atoms with E-state index in [1.54, 1.807) is 6.07 Å². The summed E-state index contributed by atoms with van der Waals surface area (Å²) in [5.74, 6) is 1.25. The molecular formula is C11H12N4. The van der Waals surface area contributed by atoms with Gasteiger partial charge in [-0.1, -0.05) is 13.8 Å². The van der Waals surface area contributed by atoms with Crippen molar-refractivity contribution in [2.24, 2.45) is 0 Å². The zero-order valence-electron chi connectivity index (χ0n) is 9.00. The largest absolute Gasteiger partial charge is 0.340 e. The molecule has 0 aromatic carbocycles. The third kappa shape index (κ3) is 1.57. The summed E-state index contributed by atoms with van der Waals surface area (Å²) in [5, 5.41) is 8.87. The van der Waals surface area contributed by atoms with E-state index in [1.807, 2.05) is 6.92 Å². The van der Waals surface area contributed by atoms with Gasteiger partial charge in [0.05, 0.1) is 16.8 Å². The highest BCUT2D eigenvalue weighted by Gasteiger charge is 2.09. The van der Waals surface area contributed by atoms with E-state index in [9.17, 15) is 0 Å². The van der Waals surface area contributed by atoms with Crippen LogP contribution in [0.1, 0.15) is 36.8 Å². The molecule has 15 heavy (non-hydrogen) atoms. The maximum Gasteiger partial charge on any atom is 0.178 e. The van der Waals surface area contributed by atoms with Gasteiger partial charge in [-0.05, 0) is 13.0 Å². The second-order valence-electron chi connectivity index (χ2n) is 3.88. The quantitative estimate of drug-likeness (QED) is 0.767. The summed E-state index contributed by atoms with van der Waals surface area (Å²) < 4.78 is 0. The summed E-state index contributed by atoms with van der Waals surface area (Å²) in [6.07, 6.45) is 0. The number of H-pyrrole nitrogens is 1. The van der Waals surface area contributed by atoms with Crippen LogP contribution in [-0.2, 0) is 0 Å². The first-order valence-corrected chi connectivity index (χ1v) is 4.89. The van der Waals surface area contributed by atoms with Crippen molar-refractivity contribution >= 4 is 11.2 Å². The molecule has 0 radical (unpaired) electrons. The fourth-order valence-electron chi connectivity index (χ4n) is 1.44. The molecule has 0 saturated heterocycles. The number of fused-ring (bicyclic) bond motifs is 1. The molecule has 0 saturated carbocycles. The van der Waals surface area contributed by atoms with Crippen molar-refractivity contribution in [3.8, 4) is 6.07 Å². The SMILES string of the molecule is Cc1nc2nc(C(C)C)[nH]c2cc1C#N. The Morgan fingerprint density at radius 3 is 2.73 bits per heavy atom. The van der Waals surface area contributed by atoms with Gasteiger partial charge >= 0.3 is 0 Å². The molecule has 2 heterocycles. The topological polar surface area (TPSA) is 65.4 Å². The standard InChI is InChI=1S/C11H12N4/c1-6(2)10-14-9-4-8(5-12)7(3)13-11(9)15-10/h4,6H,1-3H3,(H,13,14,15). The number of imidazole rings is 1. The van der Waals surface area contributed by atoms with Crippen molar-refractivity contribution in [2.45, 2.75) is 26.7 Å². The molecular weight excluding hydrogens is 188 g/mol. The van der Waals surface area contributed by atoms with E-state index < -0.39 is 0 Å². The molecule has 4 heteroatoms. The lowest BCUT2D eigenvalue weighted by molar-refractivity contribution is 0.798. The third-order valence-electron chi connectivity index (χ3n) is 2.35. The molecule has 2 aromatic heterocycles. The van der Waals surface area contributed by atoms with Crippen molar-refractivity contribution in [1.82, 2.24) is 15.0 Å². The molecule has 0 fully saturated rings. The predicted molar refractivity (Wildman–Crippen MR) is 57.4 cm³/mol. The highest BCUT2D eigenvalue weighted by Crippen LogP contribution is 2.17. The van der Waals surface area contributed by atoms with Crippen molar-refractivity contribution in [3.63, 3.8) is 0 Å². The normalized spacial score (nSPS) is 10.9. The molecule has 2 aromatic rings. The van der Waals surface area contributed by atoms with Crippen LogP contribution in [0.15, 0.2) is 6.07 Å². The number of nitrogens with zero attached hydrogens (tertiary/aromatic N) is 3. The molecule has 0 aliphatic carbocycles. The Kier molecular flexibility index (Phi) is 2.16. The Labute approximate surface area is 88.0 Å². The van der Waals surface area contributed by atoms with Gasteiger partial charge in [-0.15, -0.1) is 0 Å². The molecule has 0 aliphatic rings. The van der Waals surface area contributed by atoms with Gasteiger partial charge in [0.25, 0.3) is 0 Å². The number of pyridine rings is 1. The van der Waals surface area contributed by atoms with Gasteiger partial charge < -0.3 is 4.98 Å². The van der Waals surface area contributed by atoms with Gasteiger partial charge in [-0.3, -0.25) is 0 Å². The highest BCUT2D eigenvalue weighted by molar-refractivity contribution is 5.73. The van der Waals surface area contributed by atoms with Crippen LogP contribution < -0.4 is 0 Å². The monoisotopic (exact) mass is 200 g/mol. The van der Waals surface area contributed by atoms with E-state index >= 15 is 0 Å². The van der Waals surface area contributed by atoms with Crippen molar-refractivity contribution in [2.75, 3.05) is 0 Å². The molecule has 0 amide bonds. The zero-order chi connectivity index (χ0) is 11.0.